The zero-order valence-electron chi connectivity index (χ0n) is 70.7. The van der Waals surface area contributed by atoms with Gasteiger partial charge in [-0.2, -0.15) is 44.9 Å². The molecule has 9 rings (SSSR count). The summed E-state index contributed by atoms with van der Waals surface area (Å²) in [6, 6.07) is 0.806. The van der Waals surface area contributed by atoms with E-state index < -0.39 is 0 Å². The van der Waals surface area contributed by atoms with Crippen LogP contribution in [0.25, 0.3) is 0 Å². The standard InChI is InChI=1S/C79H148N24/c1-31-98-68(7,8)41-53(42-69(98,9)10)82-61-88-59(89-62(92-61)83-54-43-70(11,12)99(32-2)71(13,14)44-54)80-37-39-97(67-95-65(86-57-49-76(23,24)102(35-5)77(25,26)50-57)94-66(96-67)87-58-51-78(27,28)103(36-6)79(29,30)52-58)40-38-81-60-90-63(84-55-45-72(15,16)100(33-3)73(17,18)46-55)93-64(91-60)85-56-47-74(19,20)101(34-4)75(21,22)48-56/h53-58H,31-52H2,1-30H3,(H2,86,87,94,95,96)(H3,80,82,83,88,89,92)(H3,81,84,85,90,91,93). The Morgan fingerprint density at radius 3 is 0.544 bits per heavy atom. The minimum atomic E-state index is -0.0577. The molecule has 0 aliphatic carbocycles. The van der Waals surface area contributed by atoms with E-state index in [1.54, 1.807) is 0 Å². The highest BCUT2D eigenvalue weighted by atomic mass is 15.4. The van der Waals surface area contributed by atoms with E-state index in [1.807, 2.05) is 0 Å². The fraction of sp³-hybridized carbons (Fsp3) is 0.886. The summed E-state index contributed by atoms with van der Waals surface area (Å²) in [4.78, 5) is 65.9. The molecule has 6 saturated heterocycles. The van der Waals surface area contributed by atoms with Gasteiger partial charge in [-0.3, -0.25) is 29.4 Å². The lowest BCUT2D eigenvalue weighted by Gasteiger charge is -2.55. The molecule has 0 amide bonds. The van der Waals surface area contributed by atoms with Crippen molar-refractivity contribution in [3.05, 3.63) is 0 Å². The van der Waals surface area contributed by atoms with Crippen molar-refractivity contribution < 1.29 is 0 Å². The van der Waals surface area contributed by atoms with Crippen LogP contribution >= 0.6 is 0 Å². The Hall–Kier alpha value is -5.01. The molecule has 24 nitrogen and oxygen atoms in total. The number of piperidine rings is 6. The lowest BCUT2D eigenvalue weighted by Crippen LogP contribution is -2.62. The quantitative estimate of drug-likeness (QED) is 0.0354. The molecule has 0 bridgehead atoms. The van der Waals surface area contributed by atoms with Gasteiger partial charge in [0, 0.05) is 129 Å². The lowest BCUT2D eigenvalue weighted by molar-refractivity contribution is -0.0275. The second-order valence-corrected chi connectivity index (χ2v) is 39.4. The smallest absolute Gasteiger partial charge is 0.232 e. The first-order chi connectivity index (χ1) is 47.5. The van der Waals surface area contributed by atoms with Gasteiger partial charge in [-0.15, -0.1) is 0 Å². The van der Waals surface area contributed by atoms with E-state index in [9.17, 15) is 0 Å². The Kier molecular flexibility index (Phi) is 24.1. The lowest BCUT2D eigenvalue weighted by atomic mass is 9.77. The van der Waals surface area contributed by atoms with Gasteiger partial charge in [-0.1, -0.05) is 41.5 Å². The van der Waals surface area contributed by atoms with Crippen molar-refractivity contribution in [1.29, 1.82) is 0 Å². The van der Waals surface area contributed by atoms with Crippen LogP contribution in [0.3, 0.4) is 0 Å². The fourth-order valence-electron chi connectivity index (χ4n) is 23.5. The molecule has 103 heavy (non-hydrogen) atoms. The highest BCUT2D eigenvalue weighted by molar-refractivity contribution is 5.49. The average Bonchev–Trinajstić information content (AvgIpc) is 0.794. The summed E-state index contributed by atoms with van der Waals surface area (Å²) in [7, 11) is 0. The predicted molar refractivity (Wildman–Crippen MR) is 432 cm³/mol. The van der Waals surface area contributed by atoms with Crippen LogP contribution in [0.2, 0.25) is 0 Å². The van der Waals surface area contributed by atoms with Gasteiger partial charge in [0.25, 0.3) is 0 Å². The minimum Gasteiger partial charge on any atom is -0.352 e. The summed E-state index contributed by atoms with van der Waals surface area (Å²) in [5.41, 5.74) is -0.489. The van der Waals surface area contributed by atoms with Gasteiger partial charge in [0.1, 0.15) is 0 Å². The SMILES string of the molecule is CCN1C(C)(C)CC(Nc2nc(NCCN(CCNc3nc(NC4CC(C)(C)N(CC)C(C)(C)C4)nc(NC4CC(C)(C)N(CC)C(C)(C)C4)n3)c3nc(NC4CC(C)(C)N(CC)C(C)(C)C4)nc(NC4CC(C)(C)N(CC)C(C)(C)C4)n3)nc(NC3CC(C)(C)N(CC)C(C)(C)C3)n2)CC1(C)C. The zero-order chi connectivity index (χ0) is 76.3. The van der Waals surface area contributed by atoms with Crippen LogP contribution in [0, 0.1) is 0 Å². The van der Waals surface area contributed by atoms with Crippen LogP contribution < -0.4 is 47.4 Å². The molecular formula is C79H148N24. The fourth-order valence-corrected chi connectivity index (χ4v) is 23.5. The van der Waals surface area contributed by atoms with E-state index in [0.29, 0.717) is 79.7 Å². The van der Waals surface area contributed by atoms with Gasteiger partial charge in [-0.05, 0) is 282 Å². The Morgan fingerprint density at radius 2 is 0.388 bits per heavy atom. The molecule has 0 aromatic carbocycles. The molecule has 6 aliphatic heterocycles. The number of nitrogens with one attached hydrogen (secondary N) is 8. The maximum Gasteiger partial charge on any atom is 0.232 e. The monoisotopic (exact) mass is 1430 g/mol. The van der Waals surface area contributed by atoms with Crippen molar-refractivity contribution >= 4 is 53.5 Å². The molecule has 584 valence electrons. The first kappa shape index (κ1) is 82.1. The number of hydrogen-bond donors (Lipinski definition) is 8. The van der Waals surface area contributed by atoms with E-state index in [-0.39, 0.29) is 103 Å². The molecule has 3 aromatic heterocycles. The van der Waals surface area contributed by atoms with Crippen LogP contribution in [0.1, 0.15) is 285 Å². The van der Waals surface area contributed by atoms with Gasteiger partial charge in [0.2, 0.25) is 53.5 Å². The molecule has 6 fully saturated rings. The molecule has 0 spiro atoms. The molecule has 8 N–H and O–H groups in total. The van der Waals surface area contributed by atoms with Crippen LogP contribution in [0.5, 0.6) is 0 Å². The number of aromatic nitrogens is 9. The highest BCUT2D eigenvalue weighted by Gasteiger charge is 2.51. The molecule has 6 aliphatic rings. The van der Waals surface area contributed by atoms with Crippen LogP contribution in [-0.4, -0.2) is 242 Å². The zero-order valence-corrected chi connectivity index (χ0v) is 70.7. The van der Waals surface area contributed by atoms with Gasteiger partial charge >= 0.3 is 0 Å². The summed E-state index contributed by atoms with van der Waals surface area (Å²) in [6.07, 6.45) is 11.4. The largest absolute Gasteiger partial charge is 0.352 e. The molecule has 3 aromatic rings. The van der Waals surface area contributed by atoms with Crippen molar-refractivity contribution in [3.8, 4) is 0 Å². The second-order valence-electron chi connectivity index (χ2n) is 39.4. The van der Waals surface area contributed by atoms with Crippen LogP contribution in [0.4, 0.5) is 53.5 Å². The van der Waals surface area contributed by atoms with Crippen molar-refractivity contribution in [2.45, 2.75) is 387 Å². The number of rotatable bonds is 27. The van der Waals surface area contributed by atoms with E-state index in [2.05, 4.69) is 285 Å². The number of likely N-dealkylation sites (tertiary alicyclic amines) is 6. The summed E-state index contributed by atoms with van der Waals surface area (Å²) in [6.45, 7) is 78.5. The maximum atomic E-state index is 5.48. The number of nitrogens with zero attached hydrogens (tertiary/aromatic N) is 16. The number of anilines is 9. The first-order valence-corrected chi connectivity index (χ1v) is 40.3. The molecule has 0 unspecified atom stereocenters. The molecule has 24 heteroatoms. The molecule has 9 heterocycles. The highest BCUT2D eigenvalue weighted by Crippen LogP contribution is 2.46. The second kappa shape index (κ2) is 30.2. The van der Waals surface area contributed by atoms with E-state index in [1.165, 1.54) is 0 Å². The third-order valence-corrected chi connectivity index (χ3v) is 25.1. The van der Waals surface area contributed by atoms with Crippen molar-refractivity contribution in [2.24, 2.45) is 0 Å². The van der Waals surface area contributed by atoms with E-state index >= 15 is 0 Å². The topological polar surface area (TPSA) is 235 Å². The summed E-state index contributed by atoms with van der Waals surface area (Å²) in [5.74, 6) is 4.99. The Balaban J connectivity index is 1.09. The van der Waals surface area contributed by atoms with Gasteiger partial charge in [0.05, 0.1) is 0 Å². The van der Waals surface area contributed by atoms with E-state index in [4.69, 9.17) is 44.9 Å². The molecule has 0 radical (unpaired) electrons. The van der Waals surface area contributed by atoms with E-state index in [0.717, 1.165) is 116 Å². The summed E-state index contributed by atoms with van der Waals surface area (Å²) in [5, 5.41) is 31.0. The molecule has 0 saturated carbocycles. The Morgan fingerprint density at radius 1 is 0.243 bits per heavy atom. The minimum absolute atomic E-state index is 0.0323. The maximum absolute atomic E-state index is 5.48. The van der Waals surface area contributed by atoms with Crippen LogP contribution in [-0.2, 0) is 0 Å². The Bertz CT molecular complexity index is 2870. The van der Waals surface area contributed by atoms with Gasteiger partial charge in [0.15, 0.2) is 0 Å². The normalized spacial score (nSPS) is 25.4. The number of hydrogen-bond acceptors (Lipinski definition) is 24. The van der Waals surface area contributed by atoms with Crippen molar-refractivity contribution in [2.75, 3.05) is 113 Å². The Labute approximate surface area is 625 Å². The van der Waals surface area contributed by atoms with Gasteiger partial charge < -0.3 is 47.4 Å². The first-order valence-electron chi connectivity index (χ1n) is 40.3. The van der Waals surface area contributed by atoms with Crippen LogP contribution in [0.15, 0.2) is 0 Å². The molecule has 0 atom stereocenters. The summed E-state index contributed by atoms with van der Waals surface area (Å²) < 4.78 is 0. The van der Waals surface area contributed by atoms with Gasteiger partial charge in [-0.25, -0.2) is 0 Å². The third-order valence-electron chi connectivity index (χ3n) is 25.1. The van der Waals surface area contributed by atoms with Crippen molar-refractivity contribution in [3.63, 3.8) is 0 Å². The average molecular weight is 1430 g/mol. The predicted octanol–water partition coefficient (Wildman–Crippen LogP) is 14.0. The third kappa shape index (κ3) is 18.9. The summed E-state index contributed by atoms with van der Waals surface area (Å²) >= 11 is 0. The molecular weight excluding hydrogens is 1290 g/mol. The van der Waals surface area contributed by atoms with Crippen molar-refractivity contribution in [1.82, 2.24) is 74.3 Å².